The van der Waals surface area contributed by atoms with E-state index in [9.17, 15) is 8.42 Å². The first kappa shape index (κ1) is 17.7. The van der Waals surface area contributed by atoms with E-state index < -0.39 is 9.84 Å². The third kappa shape index (κ3) is 7.84. The highest BCUT2D eigenvalue weighted by Gasteiger charge is 2.05. The summed E-state index contributed by atoms with van der Waals surface area (Å²) in [6, 6.07) is 1.87. The molecule has 0 atom stereocenters. The van der Waals surface area contributed by atoms with Crippen LogP contribution in [0.5, 0.6) is 0 Å². The molecule has 1 aromatic rings. The van der Waals surface area contributed by atoms with Crippen LogP contribution in [0, 0.1) is 0 Å². The van der Waals surface area contributed by atoms with Gasteiger partial charge in [-0.3, -0.25) is 0 Å². The zero-order valence-electron chi connectivity index (χ0n) is 13.1. The number of nitrogens with one attached hydrogen (secondary N) is 2. The van der Waals surface area contributed by atoms with E-state index in [1.807, 2.05) is 6.07 Å². The highest BCUT2D eigenvalue weighted by Crippen LogP contribution is 2.12. The molecule has 0 unspecified atom stereocenters. The van der Waals surface area contributed by atoms with Crippen molar-refractivity contribution in [3.63, 3.8) is 0 Å². The molecule has 0 radical (unpaired) electrons. The van der Waals surface area contributed by atoms with E-state index in [2.05, 4.69) is 34.4 Å². The van der Waals surface area contributed by atoms with Gasteiger partial charge < -0.3 is 10.6 Å². The Morgan fingerprint density at radius 3 is 2.19 bits per heavy atom. The predicted octanol–water partition coefficient (Wildman–Crippen LogP) is 2.10. The van der Waals surface area contributed by atoms with E-state index in [-0.39, 0.29) is 5.75 Å². The first-order valence-electron chi connectivity index (χ1n) is 7.48. The molecule has 0 amide bonds. The lowest BCUT2D eigenvalue weighted by Gasteiger charge is -2.10. The van der Waals surface area contributed by atoms with Crippen LogP contribution in [-0.4, -0.2) is 43.5 Å². The Hall–Kier alpha value is -1.37. The summed E-state index contributed by atoms with van der Waals surface area (Å²) in [6.07, 6.45) is 4.68. The second-order valence-corrected chi connectivity index (χ2v) is 7.40. The standard InChI is InChI=1S/C14H26N4O2S/c1-4-7-12-17-13(15-8-5-2)11-14(18-12)16-9-6-10-21(3,19)20/h11H,4-10H2,1-3H3,(H2,15,16,17,18). The molecule has 0 aromatic carbocycles. The van der Waals surface area contributed by atoms with E-state index in [1.54, 1.807) is 0 Å². The Labute approximate surface area is 127 Å². The molecular weight excluding hydrogens is 288 g/mol. The molecular formula is C14H26N4O2S. The molecule has 1 rings (SSSR count). The van der Waals surface area contributed by atoms with E-state index in [0.717, 1.165) is 43.3 Å². The maximum absolute atomic E-state index is 11.1. The van der Waals surface area contributed by atoms with Crippen molar-refractivity contribution in [3.8, 4) is 0 Å². The van der Waals surface area contributed by atoms with Crippen LogP contribution in [0.4, 0.5) is 11.6 Å². The van der Waals surface area contributed by atoms with Gasteiger partial charge in [0.05, 0.1) is 5.75 Å². The maximum Gasteiger partial charge on any atom is 0.147 e. The van der Waals surface area contributed by atoms with Gasteiger partial charge in [-0.15, -0.1) is 0 Å². The molecule has 0 bridgehead atoms. The number of hydrogen-bond donors (Lipinski definition) is 2. The van der Waals surface area contributed by atoms with Crippen molar-refractivity contribution in [2.75, 3.05) is 35.7 Å². The molecule has 1 aromatic heterocycles. The summed E-state index contributed by atoms with van der Waals surface area (Å²) in [4.78, 5) is 8.92. The van der Waals surface area contributed by atoms with Crippen molar-refractivity contribution < 1.29 is 8.42 Å². The van der Waals surface area contributed by atoms with E-state index in [4.69, 9.17) is 0 Å². The number of rotatable bonds is 10. The average molecular weight is 314 g/mol. The fourth-order valence-corrected chi connectivity index (χ4v) is 2.49. The summed E-state index contributed by atoms with van der Waals surface area (Å²) in [6.45, 7) is 5.65. The highest BCUT2D eigenvalue weighted by atomic mass is 32.2. The highest BCUT2D eigenvalue weighted by molar-refractivity contribution is 7.90. The summed E-state index contributed by atoms with van der Waals surface area (Å²) in [5.74, 6) is 2.57. The van der Waals surface area contributed by atoms with Crippen molar-refractivity contribution in [2.24, 2.45) is 0 Å². The van der Waals surface area contributed by atoms with E-state index >= 15 is 0 Å². The van der Waals surface area contributed by atoms with Gasteiger partial charge in [0.2, 0.25) is 0 Å². The molecule has 0 aliphatic heterocycles. The van der Waals surface area contributed by atoms with Crippen molar-refractivity contribution in [3.05, 3.63) is 11.9 Å². The molecule has 120 valence electrons. The zero-order valence-corrected chi connectivity index (χ0v) is 14.0. The minimum Gasteiger partial charge on any atom is -0.370 e. The molecule has 0 saturated heterocycles. The zero-order chi connectivity index (χ0) is 15.7. The summed E-state index contributed by atoms with van der Waals surface area (Å²) in [5, 5.41) is 6.44. The van der Waals surface area contributed by atoms with E-state index in [0.29, 0.717) is 13.0 Å². The lowest BCUT2D eigenvalue weighted by molar-refractivity contribution is 0.600. The van der Waals surface area contributed by atoms with Crippen LogP contribution >= 0.6 is 0 Å². The van der Waals surface area contributed by atoms with Gasteiger partial charge in [0.25, 0.3) is 0 Å². The summed E-state index contributed by atoms with van der Waals surface area (Å²) >= 11 is 0. The molecule has 7 heteroatoms. The van der Waals surface area contributed by atoms with Crippen molar-refractivity contribution in [1.29, 1.82) is 0 Å². The van der Waals surface area contributed by atoms with Crippen LogP contribution < -0.4 is 10.6 Å². The topological polar surface area (TPSA) is 84.0 Å². The summed E-state index contributed by atoms with van der Waals surface area (Å²) < 4.78 is 22.2. The summed E-state index contributed by atoms with van der Waals surface area (Å²) in [5.41, 5.74) is 0. The predicted molar refractivity (Wildman–Crippen MR) is 87.6 cm³/mol. The first-order chi connectivity index (χ1) is 9.94. The number of hydrogen-bond acceptors (Lipinski definition) is 6. The summed E-state index contributed by atoms with van der Waals surface area (Å²) in [7, 11) is -2.90. The van der Waals surface area contributed by atoms with Crippen molar-refractivity contribution in [2.45, 2.75) is 39.5 Å². The maximum atomic E-state index is 11.1. The normalized spacial score (nSPS) is 11.4. The molecule has 0 fully saturated rings. The van der Waals surface area contributed by atoms with Gasteiger partial charge in [0.1, 0.15) is 27.3 Å². The fourth-order valence-electron chi connectivity index (χ4n) is 1.82. The van der Waals surface area contributed by atoms with Crippen LogP contribution in [-0.2, 0) is 16.3 Å². The first-order valence-corrected chi connectivity index (χ1v) is 9.54. The second-order valence-electron chi connectivity index (χ2n) is 5.14. The molecule has 0 saturated carbocycles. The minimum absolute atomic E-state index is 0.188. The van der Waals surface area contributed by atoms with Crippen LogP contribution in [0.15, 0.2) is 6.07 Å². The number of aromatic nitrogens is 2. The van der Waals surface area contributed by atoms with Crippen molar-refractivity contribution >= 4 is 21.5 Å². The molecule has 6 nitrogen and oxygen atoms in total. The Morgan fingerprint density at radius 2 is 1.67 bits per heavy atom. The van der Waals surface area contributed by atoms with Crippen LogP contribution in [0.1, 0.15) is 38.9 Å². The minimum atomic E-state index is -2.90. The van der Waals surface area contributed by atoms with Crippen LogP contribution in [0.3, 0.4) is 0 Å². The average Bonchev–Trinajstić information content (AvgIpc) is 2.41. The Morgan fingerprint density at radius 1 is 1.05 bits per heavy atom. The molecule has 0 aliphatic rings. The van der Waals surface area contributed by atoms with Gasteiger partial charge in [0.15, 0.2) is 0 Å². The Kier molecular flexibility index (Phi) is 7.42. The van der Waals surface area contributed by atoms with Crippen LogP contribution in [0.2, 0.25) is 0 Å². The van der Waals surface area contributed by atoms with Crippen LogP contribution in [0.25, 0.3) is 0 Å². The largest absolute Gasteiger partial charge is 0.370 e. The van der Waals surface area contributed by atoms with Gasteiger partial charge in [-0.1, -0.05) is 13.8 Å². The SMILES string of the molecule is CCCNc1cc(NCCCS(C)(=O)=O)nc(CCC)n1. The third-order valence-corrected chi connectivity index (χ3v) is 3.83. The van der Waals surface area contributed by atoms with Gasteiger partial charge in [-0.2, -0.15) is 0 Å². The molecule has 2 N–H and O–H groups in total. The third-order valence-electron chi connectivity index (χ3n) is 2.80. The molecule has 21 heavy (non-hydrogen) atoms. The lowest BCUT2D eigenvalue weighted by Crippen LogP contribution is -2.12. The second kappa shape index (κ2) is 8.81. The smallest absolute Gasteiger partial charge is 0.147 e. The van der Waals surface area contributed by atoms with Crippen molar-refractivity contribution in [1.82, 2.24) is 9.97 Å². The monoisotopic (exact) mass is 314 g/mol. The molecule has 0 aliphatic carbocycles. The van der Waals surface area contributed by atoms with Gasteiger partial charge >= 0.3 is 0 Å². The van der Waals surface area contributed by atoms with Gasteiger partial charge in [-0.05, 0) is 19.3 Å². The number of aryl methyl sites for hydroxylation is 1. The number of sulfone groups is 1. The number of nitrogens with zero attached hydrogens (tertiary/aromatic N) is 2. The Bertz CT molecular complexity index is 532. The van der Waals surface area contributed by atoms with Gasteiger partial charge in [0, 0.05) is 31.8 Å². The fraction of sp³-hybridized carbons (Fsp3) is 0.714. The lowest BCUT2D eigenvalue weighted by atomic mass is 10.3. The molecule has 0 spiro atoms. The quantitative estimate of drug-likeness (QED) is 0.643. The molecule has 1 heterocycles. The van der Waals surface area contributed by atoms with E-state index in [1.165, 1.54) is 6.26 Å². The Balaban J connectivity index is 2.64. The number of anilines is 2. The van der Waals surface area contributed by atoms with Gasteiger partial charge in [-0.25, -0.2) is 18.4 Å².